The average Bonchev–Trinajstić information content (AvgIpc) is 3.42. The molecule has 13 heteroatoms. The summed E-state index contributed by atoms with van der Waals surface area (Å²) in [6, 6.07) is 5.02. The number of methoxy groups -OCH3 is 1. The van der Waals surface area contributed by atoms with Gasteiger partial charge in [0.15, 0.2) is 5.82 Å². The van der Waals surface area contributed by atoms with E-state index >= 15 is 0 Å². The maximum absolute atomic E-state index is 12.7. The molecule has 0 aromatic carbocycles. The van der Waals surface area contributed by atoms with Gasteiger partial charge in [-0.3, -0.25) is 4.98 Å². The van der Waals surface area contributed by atoms with Crippen molar-refractivity contribution in [2.75, 3.05) is 12.0 Å². The molecule has 0 aliphatic heterocycles. The molecule has 4 aromatic rings. The highest BCUT2D eigenvalue weighted by Crippen LogP contribution is 2.33. The average molecular weight is 435 g/mol. The lowest BCUT2D eigenvalue weighted by molar-refractivity contribution is -0.159. The number of anilines is 2. The Morgan fingerprint density at radius 2 is 2.00 bits per heavy atom. The number of rotatable bonds is 6. The topological polar surface area (TPSA) is 103 Å². The Balaban J connectivity index is 1.63. The summed E-state index contributed by atoms with van der Waals surface area (Å²) in [4.78, 5) is 23.1. The normalized spacial score (nSPS) is 11.5. The van der Waals surface area contributed by atoms with Crippen molar-refractivity contribution in [3.63, 3.8) is 0 Å². The van der Waals surface area contributed by atoms with E-state index in [0.717, 1.165) is 4.88 Å². The van der Waals surface area contributed by atoms with E-state index in [1.54, 1.807) is 41.7 Å². The van der Waals surface area contributed by atoms with Crippen LogP contribution in [0.4, 0.5) is 24.8 Å². The number of aromatic nitrogens is 6. The summed E-state index contributed by atoms with van der Waals surface area (Å²) in [5.74, 6) is -0.120. The molecule has 0 bridgehead atoms. The first-order valence-electron chi connectivity index (χ1n) is 8.33. The molecule has 9 nitrogen and oxygen atoms in total. The summed E-state index contributed by atoms with van der Waals surface area (Å²) in [7, 11) is 1.49. The highest BCUT2D eigenvalue weighted by Gasteiger charge is 2.38. The number of thiophene rings is 1. The van der Waals surface area contributed by atoms with Gasteiger partial charge in [0.25, 0.3) is 0 Å². The molecule has 154 valence electrons. The fourth-order valence-electron chi connectivity index (χ4n) is 2.48. The van der Waals surface area contributed by atoms with Crippen LogP contribution in [-0.4, -0.2) is 37.2 Å². The Hall–Kier alpha value is -3.61. The number of ether oxygens (including phenoxy) is 1. The summed E-state index contributed by atoms with van der Waals surface area (Å²) in [5.41, 5.74) is 0. The fourth-order valence-corrected chi connectivity index (χ4v) is 3.40. The first-order chi connectivity index (χ1) is 14.4. The van der Waals surface area contributed by atoms with E-state index in [1.165, 1.54) is 24.8 Å². The van der Waals surface area contributed by atoms with Crippen molar-refractivity contribution < 1.29 is 22.4 Å². The standard InChI is InChI=1S/C17H12F3N7O2S/c1-28-14-6-12(23-9-24-14)27(13-7-21-4-5-22-13)8-10-2-3-11(30-10)15-25-16(29-26-15)17(18,19)20/h2-7,9H,8H2,1H3. The second kappa shape index (κ2) is 8.02. The molecule has 0 aliphatic rings. The molecule has 0 spiro atoms. The minimum atomic E-state index is -4.69. The predicted molar refractivity (Wildman–Crippen MR) is 99.1 cm³/mol. The molecule has 0 atom stereocenters. The molecule has 0 fully saturated rings. The molecule has 0 saturated carbocycles. The predicted octanol–water partition coefficient (Wildman–Crippen LogP) is 3.74. The van der Waals surface area contributed by atoms with Gasteiger partial charge in [0, 0.05) is 23.3 Å². The van der Waals surface area contributed by atoms with Gasteiger partial charge in [-0.25, -0.2) is 15.0 Å². The molecule has 0 unspecified atom stereocenters. The van der Waals surface area contributed by atoms with Gasteiger partial charge in [0.05, 0.1) is 24.7 Å². The number of hydrogen-bond donors (Lipinski definition) is 0. The summed E-state index contributed by atoms with van der Waals surface area (Å²) < 4.78 is 47.5. The van der Waals surface area contributed by atoms with E-state index in [0.29, 0.717) is 28.9 Å². The zero-order valence-electron chi connectivity index (χ0n) is 15.2. The maximum atomic E-state index is 12.7. The summed E-state index contributed by atoms with van der Waals surface area (Å²) in [6.07, 6.45) is 1.31. The van der Waals surface area contributed by atoms with Crippen molar-refractivity contribution in [1.29, 1.82) is 0 Å². The Kier molecular flexibility index (Phi) is 5.27. The van der Waals surface area contributed by atoms with Crippen LogP contribution in [0.5, 0.6) is 5.88 Å². The lowest BCUT2D eigenvalue weighted by Gasteiger charge is -2.21. The van der Waals surface area contributed by atoms with Gasteiger partial charge in [-0.15, -0.1) is 11.3 Å². The van der Waals surface area contributed by atoms with Crippen LogP contribution in [0.25, 0.3) is 10.7 Å². The van der Waals surface area contributed by atoms with E-state index < -0.39 is 12.1 Å². The van der Waals surface area contributed by atoms with Crippen LogP contribution in [0, 0.1) is 0 Å². The number of halogens is 3. The summed E-state index contributed by atoms with van der Waals surface area (Å²) >= 11 is 1.22. The Bertz CT molecular complexity index is 1130. The molecule has 4 heterocycles. The molecular formula is C17H12F3N7O2S. The zero-order chi connectivity index (χ0) is 21.1. The molecule has 0 N–H and O–H groups in total. The van der Waals surface area contributed by atoms with Gasteiger partial charge >= 0.3 is 12.1 Å². The first kappa shape index (κ1) is 19.7. The van der Waals surface area contributed by atoms with Gasteiger partial charge in [-0.2, -0.15) is 18.2 Å². The van der Waals surface area contributed by atoms with Gasteiger partial charge < -0.3 is 14.2 Å². The summed E-state index contributed by atoms with van der Waals surface area (Å²) in [6.45, 7) is 0.313. The molecule has 0 amide bonds. The van der Waals surface area contributed by atoms with Crippen LogP contribution in [0.1, 0.15) is 10.8 Å². The quantitative estimate of drug-likeness (QED) is 0.448. The van der Waals surface area contributed by atoms with E-state index in [-0.39, 0.29) is 5.82 Å². The number of hydrogen-bond acceptors (Lipinski definition) is 10. The van der Waals surface area contributed by atoms with E-state index in [9.17, 15) is 13.2 Å². The lowest BCUT2D eigenvalue weighted by atomic mass is 10.3. The van der Waals surface area contributed by atoms with Crippen molar-refractivity contribution in [2.45, 2.75) is 12.7 Å². The van der Waals surface area contributed by atoms with E-state index in [1.807, 2.05) is 0 Å². The van der Waals surface area contributed by atoms with Crippen LogP contribution in [0.3, 0.4) is 0 Å². The Labute approximate surface area is 171 Å². The van der Waals surface area contributed by atoms with Crippen molar-refractivity contribution in [3.05, 3.63) is 53.9 Å². The first-order valence-corrected chi connectivity index (χ1v) is 9.15. The van der Waals surface area contributed by atoms with Crippen molar-refractivity contribution in [1.82, 2.24) is 30.1 Å². The second-order valence-electron chi connectivity index (χ2n) is 5.76. The van der Waals surface area contributed by atoms with E-state index in [2.05, 4.69) is 34.6 Å². The third-order valence-electron chi connectivity index (χ3n) is 3.80. The number of alkyl halides is 3. The van der Waals surface area contributed by atoms with Crippen molar-refractivity contribution >= 4 is 23.0 Å². The van der Waals surface area contributed by atoms with Crippen LogP contribution < -0.4 is 9.64 Å². The van der Waals surface area contributed by atoms with Gasteiger partial charge in [-0.05, 0) is 12.1 Å². The highest BCUT2D eigenvalue weighted by atomic mass is 32.1. The smallest absolute Gasteiger partial charge is 0.471 e. The van der Waals surface area contributed by atoms with Crippen LogP contribution in [-0.2, 0) is 12.7 Å². The summed E-state index contributed by atoms with van der Waals surface area (Å²) in [5, 5.41) is 3.42. The zero-order valence-corrected chi connectivity index (χ0v) is 16.1. The van der Waals surface area contributed by atoms with Crippen molar-refractivity contribution in [2.24, 2.45) is 0 Å². The van der Waals surface area contributed by atoms with Crippen molar-refractivity contribution in [3.8, 4) is 16.6 Å². The Morgan fingerprint density at radius 1 is 1.13 bits per heavy atom. The molecule has 0 aliphatic carbocycles. The van der Waals surface area contributed by atoms with Crippen LogP contribution >= 0.6 is 11.3 Å². The minimum absolute atomic E-state index is 0.131. The molecule has 0 radical (unpaired) electrons. The SMILES string of the molecule is COc1cc(N(Cc2ccc(-c3noc(C(F)(F)F)n3)s2)c2cnccn2)ncn1. The molecule has 4 rings (SSSR count). The molecule has 4 aromatic heterocycles. The third-order valence-corrected chi connectivity index (χ3v) is 4.87. The minimum Gasteiger partial charge on any atom is -0.481 e. The molecule has 30 heavy (non-hydrogen) atoms. The largest absolute Gasteiger partial charge is 0.481 e. The maximum Gasteiger partial charge on any atom is 0.471 e. The lowest BCUT2D eigenvalue weighted by Crippen LogP contribution is -2.18. The second-order valence-corrected chi connectivity index (χ2v) is 6.92. The van der Waals surface area contributed by atoms with Gasteiger partial charge in [-0.1, -0.05) is 5.16 Å². The van der Waals surface area contributed by atoms with Gasteiger partial charge in [0.2, 0.25) is 11.7 Å². The molecule has 0 saturated heterocycles. The fraction of sp³-hybridized carbons (Fsp3) is 0.176. The van der Waals surface area contributed by atoms with Crippen LogP contribution in [0.2, 0.25) is 0 Å². The van der Waals surface area contributed by atoms with E-state index in [4.69, 9.17) is 4.74 Å². The van der Waals surface area contributed by atoms with Gasteiger partial charge in [0.1, 0.15) is 12.1 Å². The third kappa shape index (κ3) is 4.20. The monoisotopic (exact) mass is 435 g/mol. The van der Waals surface area contributed by atoms with Crippen LogP contribution in [0.15, 0.2) is 47.6 Å². The Morgan fingerprint density at radius 3 is 2.70 bits per heavy atom. The number of nitrogens with zero attached hydrogens (tertiary/aromatic N) is 7. The highest BCUT2D eigenvalue weighted by molar-refractivity contribution is 7.15. The molecular weight excluding hydrogens is 423 g/mol.